The molecule has 1 aromatic carbocycles. The van der Waals surface area contributed by atoms with Crippen LogP contribution in [0.25, 0.3) is 11.3 Å². The molecule has 5 heteroatoms. The van der Waals surface area contributed by atoms with E-state index in [2.05, 4.69) is 27.2 Å². The molecule has 2 heterocycles. The van der Waals surface area contributed by atoms with Crippen LogP contribution in [0.15, 0.2) is 27.2 Å². The van der Waals surface area contributed by atoms with Gasteiger partial charge in [-0.05, 0) is 17.7 Å². The first-order chi connectivity index (χ1) is 7.74. The predicted octanol–water partition coefficient (Wildman–Crippen LogP) is 2.62. The third-order valence-corrected chi connectivity index (χ3v) is 3.01. The number of hydrogen-bond donors (Lipinski definition) is 1. The Hall–Kier alpha value is -1.49. The topological polar surface area (TPSA) is 61.3 Å². The van der Waals surface area contributed by atoms with E-state index in [1.165, 1.54) is 5.56 Å². The van der Waals surface area contributed by atoms with Crippen LogP contribution >= 0.6 is 15.9 Å². The van der Waals surface area contributed by atoms with Crippen LogP contribution in [0, 0.1) is 0 Å². The molecular weight excluding hydrogens is 272 g/mol. The number of nitrogens with zero attached hydrogens (tertiary/aromatic N) is 1. The highest BCUT2D eigenvalue weighted by Crippen LogP contribution is 2.39. The van der Waals surface area contributed by atoms with E-state index < -0.39 is 0 Å². The lowest BCUT2D eigenvalue weighted by Crippen LogP contribution is -1.89. The fourth-order valence-corrected chi connectivity index (χ4v) is 2.38. The van der Waals surface area contributed by atoms with Crippen LogP contribution in [0.1, 0.15) is 5.56 Å². The van der Waals surface area contributed by atoms with Crippen molar-refractivity contribution in [3.8, 4) is 17.0 Å². The normalized spacial score (nSPS) is 13.6. The minimum absolute atomic E-state index is 0.307. The van der Waals surface area contributed by atoms with Crippen LogP contribution in [0.4, 0.5) is 5.88 Å². The second-order valence-corrected chi connectivity index (χ2v) is 4.57. The first-order valence-electron chi connectivity index (χ1n) is 4.92. The van der Waals surface area contributed by atoms with Gasteiger partial charge in [-0.1, -0.05) is 21.1 Å². The molecule has 2 aromatic rings. The summed E-state index contributed by atoms with van der Waals surface area (Å²) in [5.74, 6) is 1.19. The number of hydrogen-bond acceptors (Lipinski definition) is 4. The molecule has 4 nitrogen and oxygen atoms in total. The Morgan fingerprint density at radius 1 is 1.31 bits per heavy atom. The highest BCUT2D eigenvalue weighted by Gasteiger charge is 2.20. The van der Waals surface area contributed by atoms with E-state index in [1.807, 2.05) is 6.07 Å². The third-order valence-electron chi connectivity index (χ3n) is 2.55. The maximum Gasteiger partial charge on any atom is 0.222 e. The van der Waals surface area contributed by atoms with Crippen molar-refractivity contribution in [3.63, 3.8) is 0 Å². The minimum Gasteiger partial charge on any atom is -0.492 e. The second-order valence-electron chi connectivity index (χ2n) is 3.65. The van der Waals surface area contributed by atoms with Crippen molar-refractivity contribution < 1.29 is 9.26 Å². The summed E-state index contributed by atoms with van der Waals surface area (Å²) in [6.07, 6.45) is 0.926. The summed E-state index contributed by atoms with van der Waals surface area (Å²) in [6, 6.07) is 5.72. The lowest BCUT2D eigenvalue weighted by atomic mass is 10.1. The van der Waals surface area contributed by atoms with E-state index in [-0.39, 0.29) is 0 Å². The van der Waals surface area contributed by atoms with Crippen molar-refractivity contribution in [2.75, 3.05) is 12.3 Å². The highest BCUT2D eigenvalue weighted by atomic mass is 79.9. The van der Waals surface area contributed by atoms with Crippen LogP contribution in [-0.4, -0.2) is 11.8 Å². The lowest BCUT2D eigenvalue weighted by Gasteiger charge is -2.05. The second kappa shape index (κ2) is 3.52. The Labute approximate surface area is 100 Å². The number of ether oxygens (including phenoxy) is 1. The van der Waals surface area contributed by atoms with Gasteiger partial charge in [-0.3, -0.25) is 0 Å². The molecule has 0 saturated heterocycles. The maximum absolute atomic E-state index is 5.60. The van der Waals surface area contributed by atoms with Gasteiger partial charge in [0.05, 0.1) is 6.61 Å². The van der Waals surface area contributed by atoms with E-state index in [1.54, 1.807) is 6.07 Å². The van der Waals surface area contributed by atoms with Crippen LogP contribution in [0.3, 0.4) is 0 Å². The van der Waals surface area contributed by atoms with Gasteiger partial charge in [0.15, 0.2) is 0 Å². The molecule has 2 N–H and O–H groups in total. The van der Waals surface area contributed by atoms with Crippen molar-refractivity contribution in [1.29, 1.82) is 0 Å². The van der Waals surface area contributed by atoms with Gasteiger partial charge in [-0.2, -0.15) is 0 Å². The molecule has 0 bridgehead atoms. The molecule has 0 saturated carbocycles. The molecule has 0 atom stereocenters. The molecular formula is C11H9BrN2O2. The summed E-state index contributed by atoms with van der Waals surface area (Å²) in [6.45, 7) is 0.714. The Morgan fingerprint density at radius 2 is 2.19 bits per heavy atom. The Bertz CT molecular complexity index is 551. The van der Waals surface area contributed by atoms with Crippen molar-refractivity contribution in [3.05, 3.63) is 28.2 Å². The zero-order chi connectivity index (χ0) is 11.1. The standard InChI is InChI=1S/C11H9BrN2O2/c12-7-3-6-1-2-15-11(6)8(4-7)9-5-10(13)16-14-9/h3-5H,1-2,13H2. The Balaban J connectivity index is 2.20. The minimum atomic E-state index is 0.307. The van der Waals surface area contributed by atoms with Crippen LogP contribution < -0.4 is 10.5 Å². The van der Waals surface area contributed by atoms with E-state index in [9.17, 15) is 0 Å². The quantitative estimate of drug-likeness (QED) is 0.872. The van der Waals surface area contributed by atoms with Crippen LogP contribution in [0.2, 0.25) is 0 Å². The molecule has 1 aliphatic heterocycles. The van der Waals surface area contributed by atoms with Crippen LogP contribution in [0.5, 0.6) is 5.75 Å². The first-order valence-corrected chi connectivity index (χ1v) is 5.71. The summed E-state index contributed by atoms with van der Waals surface area (Å²) in [5, 5.41) is 3.90. The fraction of sp³-hybridized carbons (Fsp3) is 0.182. The number of nitrogen functional groups attached to an aromatic ring is 1. The SMILES string of the molecule is Nc1cc(-c2cc(Br)cc3c2OCC3)no1. The number of rotatable bonds is 1. The van der Waals surface area contributed by atoms with Crippen LogP contribution in [-0.2, 0) is 6.42 Å². The van der Waals surface area contributed by atoms with Gasteiger partial charge in [-0.25, -0.2) is 0 Å². The number of anilines is 1. The molecule has 1 aliphatic rings. The van der Waals surface area contributed by atoms with E-state index in [4.69, 9.17) is 15.0 Å². The van der Waals surface area contributed by atoms with Crippen molar-refractivity contribution >= 4 is 21.8 Å². The molecule has 3 rings (SSSR count). The van der Waals surface area contributed by atoms with E-state index in [0.717, 1.165) is 22.2 Å². The van der Waals surface area contributed by atoms with E-state index >= 15 is 0 Å². The summed E-state index contributed by atoms with van der Waals surface area (Å²) in [5.41, 5.74) is 8.33. The number of benzene rings is 1. The van der Waals surface area contributed by atoms with E-state index in [0.29, 0.717) is 18.2 Å². The molecule has 82 valence electrons. The van der Waals surface area contributed by atoms with Gasteiger partial charge in [0.1, 0.15) is 11.4 Å². The molecule has 1 aromatic heterocycles. The maximum atomic E-state index is 5.60. The molecule has 0 aliphatic carbocycles. The molecule has 0 radical (unpaired) electrons. The van der Waals surface area contributed by atoms with Crippen molar-refractivity contribution in [1.82, 2.24) is 5.16 Å². The number of aromatic nitrogens is 1. The first kappa shape index (κ1) is 9.72. The van der Waals surface area contributed by atoms with Crippen molar-refractivity contribution in [2.45, 2.75) is 6.42 Å². The zero-order valence-electron chi connectivity index (χ0n) is 8.37. The molecule has 0 spiro atoms. The lowest BCUT2D eigenvalue weighted by molar-refractivity contribution is 0.357. The van der Waals surface area contributed by atoms with Gasteiger partial charge < -0.3 is 15.0 Å². The monoisotopic (exact) mass is 280 g/mol. The summed E-state index contributed by atoms with van der Waals surface area (Å²) >= 11 is 3.47. The third kappa shape index (κ3) is 1.48. The Morgan fingerprint density at radius 3 is 2.94 bits per heavy atom. The van der Waals surface area contributed by atoms with Gasteiger partial charge >= 0.3 is 0 Å². The average molecular weight is 281 g/mol. The van der Waals surface area contributed by atoms with Gasteiger partial charge in [0, 0.05) is 22.5 Å². The largest absolute Gasteiger partial charge is 0.492 e. The molecule has 0 fully saturated rings. The number of fused-ring (bicyclic) bond motifs is 1. The van der Waals surface area contributed by atoms with Gasteiger partial charge in [0.25, 0.3) is 0 Å². The Kier molecular flexibility index (Phi) is 2.14. The fourth-order valence-electron chi connectivity index (χ4n) is 1.88. The zero-order valence-corrected chi connectivity index (χ0v) is 9.95. The molecule has 16 heavy (non-hydrogen) atoms. The summed E-state index contributed by atoms with van der Waals surface area (Å²) in [4.78, 5) is 0. The summed E-state index contributed by atoms with van der Waals surface area (Å²) < 4.78 is 11.5. The highest BCUT2D eigenvalue weighted by molar-refractivity contribution is 9.10. The van der Waals surface area contributed by atoms with Crippen molar-refractivity contribution in [2.24, 2.45) is 0 Å². The molecule has 0 unspecified atom stereocenters. The number of halogens is 1. The predicted molar refractivity (Wildman–Crippen MR) is 63.3 cm³/mol. The smallest absolute Gasteiger partial charge is 0.222 e. The van der Waals surface area contributed by atoms with Gasteiger partial charge in [0.2, 0.25) is 5.88 Å². The molecule has 0 amide bonds. The number of nitrogens with two attached hydrogens (primary N) is 1. The summed E-state index contributed by atoms with van der Waals surface area (Å²) in [7, 11) is 0. The van der Waals surface area contributed by atoms with Gasteiger partial charge in [-0.15, -0.1) is 0 Å². The average Bonchev–Trinajstić information content (AvgIpc) is 2.84.